The van der Waals surface area contributed by atoms with Gasteiger partial charge in [0.1, 0.15) is 29.2 Å². The number of aliphatic carboxylic acids is 1. The number of aromatic amines is 1. The Balaban J connectivity index is 1.34. The maximum absolute atomic E-state index is 14.1. The number of H-pyrrole nitrogens is 1. The molecular formula is C19H17F2N3O3. The predicted molar refractivity (Wildman–Crippen MR) is 91.5 cm³/mol. The Morgan fingerprint density at radius 2 is 2.04 bits per heavy atom. The van der Waals surface area contributed by atoms with Crippen LogP contribution < -0.4 is 10.2 Å². The van der Waals surface area contributed by atoms with E-state index in [2.05, 4.69) is 10.3 Å². The highest BCUT2D eigenvalue weighted by molar-refractivity contribution is 5.96. The van der Waals surface area contributed by atoms with Crippen LogP contribution >= 0.6 is 0 Å². The molecule has 8 heteroatoms. The van der Waals surface area contributed by atoms with E-state index in [4.69, 9.17) is 0 Å². The van der Waals surface area contributed by atoms with Crippen molar-refractivity contribution in [2.75, 3.05) is 4.90 Å². The summed E-state index contributed by atoms with van der Waals surface area (Å²) < 4.78 is 27.2. The molecule has 5 rings (SSSR count). The molecule has 3 heterocycles. The molecule has 1 aromatic heterocycles. The van der Waals surface area contributed by atoms with Crippen LogP contribution in [0.1, 0.15) is 40.5 Å². The number of aromatic nitrogens is 1. The highest BCUT2D eigenvalue weighted by Gasteiger charge is 2.55. The van der Waals surface area contributed by atoms with E-state index in [1.54, 1.807) is 6.07 Å². The van der Waals surface area contributed by atoms with E-state index in [1.807, 2.05) is 4.90 Å². The first-order valence-corrected chi connectivity index (χ1v) is 8.93. The average molecular weight is 373 g/mol. The van der Waals surface area contributed by atoms with Gasteiger partial charge in [0, 0.05) is 11.6 Å². The van der Waals surface area contributed by atoms with Gasteiger partial charge in [0.15, 0.2) is 0 Å². The Morgan fingerprint density at radius 3 is 2.70 bits per heavy atom. The molecule has 140 valence electrons. The van der Waals surface area contributed by atoms with Crippen molar-refractivity contribution in [3.8, 4) is 0 Å². The number of nitrogens with zero attached hydrogens (tertiary/aromatic N) is 1. The Morgan fingerprint density at radius 1 is 1.26 bits per heavy atom. The van der Waals surface area contributed by atoms with E-state index in [-0.39, 0.29) is 18.0 Å². The van der Waals surface area contributed by atoms with Gasteiger partial charge in [0.2, 0.25) is 0 Å². The molecule has 0 spiro atoms. The van der Waals surface area contributed by atoms with Crippen molar-refractivity contribution in [2.45, 2.75) is 37.4 Å². The standard InChI is InChI=1S/C19H17F2N3O3/c20-10-3-4-11(12(21)7-10)16-14-6-9-5-13(22-17(9)24(14)16)18(25)23-15(19(26)27)8-1-2-8/h3-5,7-8,14-16,22H,1-2,6H2,(H,23,25)(H,26,27)/t14-,15+,16?,24?/m1/s1. The topological polar surface area (TPSA) is 85.2 Å². The van der Waals surface area contributed by atoms with Crippen LogP contribution in [0.25, 0.3) is 0 Å². The molecule has 27 heavy (non-hydrogen) atoms. The summed E-state index contributed by atoms with van der Waals surface area (Å²) in [5, 5.41) is 11.8. The third-order valence-electron chi connectivity index (χ3n) is 5.67. The Labute approximate surface area is 153 Å². The monoisotopic (exact) mass is 373 g/mol. The van der Waals surface area contributed by atoms with Crippen LogP contribution in [-0.2, 0) is 11.2 Å². The molecule has 2 aliphatic heterocycles. The van der Waals surface area contributed by atoms with Gasteiger partial charge in [-0.15, -0.1) is 0 Å². The van der Waals surface area contributed by atoms with Gasteiger partial charge < -0.3 is 20.3 Å². The quantitative estimate of drug-likeness (QED) is 0.703. The number of halogens is 2. The number of anilines is 1. The van der Waals surface area contributed by atoms with Gasteiger partial charge in [-0.1, -0.05) is 6.07 Å². The Kier molecular flexibility index (Phi) is 3.35. The first kappa shape index (κ1) is 16.3. The van der Waals surface area contributed by atoms with Crippen molar-refractivity contribution in [3.05, 3.63) is 52.7 Å². The molecular weight excluding hydrogens is 356 g/mol. The maximum atomic E-state index is 14.1. The number of hydrogen-bond donors (Lipinski definition) is 3. The zero-order valence-electron chi connectivity index (χ0n) is 14.2. The summed E-state index contributed by atoms with van der Waals surface area (Å²) in [6.07, 6.45) is 2.27. The largest absolute Gasteiger partial charge is 0.480 e. The average Bonchev–Trinajstić information content (AvgIpc) is 3.48. The molecule has 1 unspecified atom stereocenters. The van der Waals surface area contributed by atoms with Gasteiger partial charge >= 0.3 is 5.97 Å². The third kappa shape index (κ3) is 2.58. The molecule has 1 saturated carbocycles. The minimum absolute atomic E-state index is 0.00402. The van der Waals surface area contributed by atoms with Gasteiger partial charge in [0.05, 0.1) is 12.1 Å². The van der Waals surface area contributed by atoms with Crippen LogP contribution in [0.3, 0.4) is 0 Å². The van der Waals surface area contributed by atoms with E-state index in [1.165, 1.54) is 12.1 Å². The zero-order valence-corrected chi connectivity index (χ0v) is 14.2. The number of nitrogens with one attached hydrogen (secondary N) is 2. The van der Waals surface area contributed by atoms with Crippen LogP contribution in [0.4, 0.5) is 14.6 Å². The molecule has 1 saturated heterocycles. The fraction of sp³-hybridized carbons (Fsp3) is 0.368. The summed E-state index contributed by atoms with van der Waals surface area (Å²) in [7, 11) is 0. The fourth-order valence-corrected chi connectivity index (χ4v) is 4.14. The lowest BCUT2D eigenvalue weighted by Gasteiger charge is -2.12. The van der Waals surface area contributed by atoms with Gasteiger partial charge in [-0.25, -0.2) is 13.6 Å². The van der Waals surface area contributed by atoms with Gasteiger partial charge in [-0.3, -0.25) is 4.79 Å². The van der Waals surface area contributed by atoms with Gasteiger partial charge in [-0.05, 0) is 42.9 Å². The summed E-state index contributed by atoms with van der Waals surface area (Å²) in [5.41, 5.74) is 1.69. The van der Waals surface area contributed by atoms with E-state index < -0.39 is 29.6 Å². The lowest BCUT2D eigenvalue weighted by molar-refractivity contribution is -0.139. The number of carboxylic acid groups (broad SMARTS) is 1. The van der Waals surface area contributed by atoms with Gasteiger partial charge in [0.25, 0.3) is 5.91 Å². The van der Waals surface area contributed by atoms with Crippen molar-refractivity contribution in [3.63, 3.8) is 0 Å². The van der Waals surface area contributed by atoms with E-state index in [0.29, 0.717) is 17.7 Å². The van der Waals surface area contributed by atoms with E-state index in [0.717, 1.165) is 30.3 Å². The van der Waals surface area contributed by atoms with E-state index >= 15 is 0 Å². The zero-order chi connectivity index (χ0) is 18.9. The molecule has 3 aliphatic rings. The second-order valence-electron chi connectivity index (χ2n) is 7.47. The number of rotatable bonds is 5. The van der Waals surface area contributed by atoms with Crippen molar-refractivity contribution in [1.29, 1.82) is 0 Å². The first-order valence-electron chi connectivity index (χ1n) is 8.93. The lowest BCUT2D eigenvalue weighted by Crippen LogP contribution is -2.42. The summed E-state index contributed by atoms with van der Waals surface area (Å²) in [6.45, 7) is 0. The summed E-state index contributed by atoms with van der Waals surface area (Å²) in [5.74, 6) is -1.92. The highest BCUT2D eigenvalue weighted by atomic mass is 19.1. The normalized spacial score (nSPS) is 23.6. The fourth-order valence-electron chi connectivity index (χ4n) is 4.14. The van der Waals surface area contributed by atoms with Crippen molar-refractivity contribution < 1.29 is 23.5 Å². The second-order valence-corrected chi connectivity index (χ2v) is 7.47. The Hall–Kier alpha value is -2.90. The molecule has 0 radical (unpaired) electrons. The molecule has 2 aromatic rings. The molecule has 3 N–H and O–H groups in total. The first-order chi connectivity index (χ1) is 12.9. The van der Waals surface area contributed by atoms with Crippen molar-refractivity contribution >= 4 is 17.7 Å². The van der Waals surface area contributed by atoms with Crippen LogP contribution in [0.15, 0.2) is 24.3 Å². The van der Waals surface area contributed by atoms with Crippen molar-refractivity contribution in [1.82, 2.24) is 10.3 Å². The van der Waals surface area contributed by atoms with E-state index in [9.17, 15) is 23.5 Å². The van der Waals surface area contributed by atoms with Crippen LogP contribution in [0, 0.1) is 17.6 Å². The smallest absolute Gasteiger partial charge is 0.326 e. The van der Waals surface area contributed by atoms with Crippen molar-refractivity contribution in [2.24, 2.45) is 5.92 Å². The number of amides is 1. The number of fused-ring (bicyclic) bond motifs is 3. The molecule has 1 aliphatic carbocycles. The Bertz CT molecular complexity index is 969. The highest BCUT2D eigenvalue weighted by Crippen LogP contribution is 2.55. The third-order valence-corrected chi connectivity index (χ3v) is 5.67. The van der Waals surface area contributed by atoms with Crippen LogP contribution in [0.2, 0.25) is 0 Å². The predicted octanol–water partition coefficient (Wildman–Crippen LogP) is 2.37. The lowest BCUT2D eigenvalue weighted by atomic mass is 10.0. The molecule has 0 bridgehead atoms. The molecule has 3 atom stereocenters. The number of benzene rings is 1. The molecule has 2 fully saturated rings. The molecule has 6 nitrogen and oxygen atoms in total. The molecule has 1 aromatic carbocycles. The molecule has 1 amide bonds. The van der Waals surface area contributed by atoms with Crippen LogP contribution in [-0.4, -0.2) is 34.1 Å². The van der Waals surface area contributed by atoms with Gasteiger partial charge in [-0.2, -0.15) is 0 Å². The second kappa shape index (κ2) is 5.55. The minimum Gasteiger partial charge on any atom is -0.480 e. The number of carbonyl (C=O) groups is 2. The number of carbonyl (C=O) groups excluding carboxylic acids is 1. The number of carboxylic acids is 1. The number of hydrogen-bond acceptors (Lipinski definition) is 3. The SMILES string of the molecule is O=C(N[C@H](C(=O)O)C1CC1)c1cc2c([nH]1)N1C(c3ccc(F)cc3F)[C@H]1C2. The maximum Gasteiger partial charge on any atom is 0.326 e. The summed E-state index contributed by atoms with van der Waals surface area (Å²) in [4.78, 5) is 28.8. The summed E-state index contributed by atoms with van der Waals surface area (Å²) in [6, 6.07) is 4.35. The summed E-state index contributed by atoms with van der Waals surface area (Å²) >= 11 is 0. The van der Waals surface area contributed by atoms with Crippen LogP contribution in [0.5, 0.6) is 0 Å². The minimum atomic E-state index is -1.03.